The van der Waals surface area contributed by atoms with Crippen LogP contribution in [0, 0.1) is 0 Å². The van der Waals surface area contributed by atoms with Crippen molar-refractivity contribution in [3.05, 3.63) is 47.7 Å². The molecule has 0 spiro atoms. The van der Waals surface area contributed by atoms with Crippen molar-refractivity contribution >= 4 is 5.91 Å². The van der Waals surface area contributed by atoms with E-state index in [1.54, 1.807) is 12.3 Å². The van der Waals surface area contributed by atoms with Crippen LogP contribution in [-0.4, -0.2) is 37.4 Å². The minimum absolute atomic E-state index is 0.0774. The number of pyridine rings is 1. The fraction of sp³-hybridized carbons (Fsp3) is 0.421. The third kappa shape index (κ3) is 4.25. The first-order chi connectivity index (χ1) is 13.7. The van der Waals surface area contributed by atoms with E-state index in [0.29, 0.717) is 30.3 Å². The second-order valence-corrected chi connectivity index (χ2v) is 6.84. The van der Waals surface area contributed by atoms with Gasteiger partial charge in [-0.15, -0.1) is 0 Å². The van der Waals surface area contributed by atoms with Gasteiger partial charge in [-0.1, -0.05) is 11.2 Å². The number of hydrogen-bond acceptors (Lipinski definition) is 7. The highest BCUT2D eigenvalue weighted by Crippen LogP contribution is 2.16. The maximum absolute atomic E-state index is 12.3. The highest BCUT2D eigenvalue weighted by atomic mass is 16.5. The third-order valence-corrected chi connectivity index (χ3v) is 4.64. The summed E-state index contributed by atoms with van der Waals surface area (Å²) < 4.78 is 7.31. The zero-order valence-corrected chi connectivity index (χ0v) is 15.8. The zero-order valence-electron chi connectivity index (χ0n) is 15.8. The molecular weight excluding hydrogens is 358 g/mol. The Bertz CT molecular complexity index is 911. The molecule has 146 valence electrons. The fourth-order valence-electron chi connectivity index (χ4n) is 3.17. The zero-order chi connectivity index (χ0) is 19.3. The van der Waals surface area contributed by atoms with Crippen LogP contribution in [0.3, 0.4) is 0 Å². The molecule has 1 amide bonds. The molecule has 0 saturated carbocycles. The van der Waals surface area contributed by atoms with E-state index in [1.165, 1.54) is 5.69 Å². The van der Waals surface area contributed by atoms with Gasteiger partial charge >= 0.3 is 0 Å². The largest absolute Gasteiger partial charge is 0.345 e. The Morgan fingerprint density at radius 3 is 3.21 bits per heavy atom. The number of hydrogen-bond donors (Lipinski definition) is 2. The summed E-state index contributed by atoms with van der Waals surface area (Å²) in [5.41, 5.74) is 2.75. The molecule has 0 saturated heterocycles. The van der Waals surface area contributed by atoms with E-state index >= 15 is 0 Å². The number of nitrogens with one attached hydrogen (secondary N) is 2. The van der Waals surface area contributed by atoms with Gasteiger partial charge in [-0.2, -0.15) is 10.1 Å². The smallest absolute Gasteiger partial charge is 0.249 e. The molecule has 0 fully saturated rings. The molecule has 2 N–H and O–H groups in total. The molecule has 1 atom stereocenters. The van der Waals surface area contributed by atoms with Crippen LogP contribution < -0.4 is 10.6 Å². The Morgan fingerprint density at radius 1 is 1.43 bits per heavy atom. The predicted octanol–water partition coefficient (Wildman–Crippen LogP) is 1.63. The van der Waals surface area contributed by atoms with Crippen LogP contribution in [0.2, 0.25) is 0 Å². The molecular formula is C19H23N7O2. The van der Waals surface area contributed by atoms with Gasteiger partial charge < -0.3 is 15.2 Å². The Hall–Kier alpha value is -3.07. The summed E-state index contributed by atoms with van der Waals surface area (Å²) in [6.07, 6.45) is 3.69. The Morgan fingerprint density at radius 2 is 2.36 bits per heavy atom. The molecule has 0 bridgehead atoms. The topological polar surface area (TPSA) is 111 Å². The first kappa shape index (κ1) is 18.3. The fourth-order valence-corrected chi connectivity index (χ4v) is 3.17. The Labute approximate surface area is 162 Å². The van der Waals surface area contributed by atoms with Crippen molar-refractivity contribution in [3.8, 4) is 11.5 Å². The van der Waals surface area contributed by atoms with Crippen molar-refractivity contribution in [2.24, 2.45) is 0 Å². The highest BCUT2D eigenvalue weighted by Gasteiger charge is 2.18. The predicted molar refractivity (Wildman–Crippen MR) is 101 cm³/mol. The quantitative estimate of drug-likeness (QED) is 0.667. The lowest BCUT2D eigenvalue weighted by molar-refractivity contribution is -0.121. The molecule has 9 nitrogen and oxygen atoms in total. The maximum atomic E-state index is 12.3. The molecule has 0 aromatic carbocycles. The number of aromatic nitrogens is 5. The summed E-state index contributed by atoms with van der Waals surface area (Å²) in [4.78, 5) is 20.8. The van der Waals surface area contributed by atoms with Gasteiger partial charge in [-0.25, -0.2) is 0 Å². The van der Waals surface area contributed by atoms with Gasteiger partial charge in [0, 0.05) is 32.1 Å². The molecule has 4 heterocycles. The molecule has 9 heteroatoms. The van der Waals surface area contributed by atoms with Gasteiger partial charge in [0.25, 0.3) is 0 Å². The Kier molecular flexibility index (Phi) is 5.43. The molecule has 28 heavy (non-hydrogen) atoms. The summed E-state index contributed by atoms with van der Waals surface area (Å²) in [5.74, 6) is 0.685. The minimum Gasteiger partial charge on any atom is -0.345 e. The van der Waals surface area contributed by atoms with E-state index < -0.39 is 0 Å². The van der Waals surface area contributed by atoms with Crippen molar-refractivity contribution < 1.29 is 9.32 Å². The summed E-state index contributed by atoms with van der Waals surface area (Å²) in [6, 6.07) is 7.18. The van der Waals surface area contributed by atoms with Crippen molar-refractivity contribution in [1.82, 2.24) is 35.5 Å². The third-order valence-electron chi connectivity index (χ3n) is 4.64. The second kappa shape index (κ2) is 8.30. The molecule has 1 aliphatic rings. The minimum atomic E-state index is -0.375. The highest BCUT2D eigenvalue weighted by molar-refractivity contribution is 5.76. The number of carbonyl (C=O) groups excluding carboxylic acids is 1. The standard InChI is InChI=1S/C19H23N7O2/c1-13(19-23-18(25-28-19)16-5-2-3-9-21-16)22-17(27)7-6-14-11-15-12-20-8-4-10-26(15)24-14/h2-3,5,9,11,13,20H,4,6-8,10,12H2,1H3,(H,22,27)/t13-/m0/s1. The van der Waals surface area contributed by atoms with Gasteiger partial charge in [0.05, 0.1) is 11.4 Å². The van der Waals surface area contributed by atoms with Crippen molar-refractivity contribution in [3.63, 3.8) is 0 Å². The van der Waals surface area contributed by atoms with Crippen LogP contribution in [0.25, 0.3) is 11.5 Å². The van der Waals surface area contributed by atoms with Gasteiger partial charge in [0.2, 0.25) is 17.6 Å². The number of amides is 1. The molecule has 3 aromatic heterocycles. The van der Waals surface area contributed by atoms with Crippen LogP contribution in [-0.2, 0) is 24.3 Å². The average Bonchev–Trinajstić information content (AvgIpc) is 3.30. The summed E-state index contributed by atoms with van der Waals surface area (Å²) in [7, 11) is 0. The number of carbonyl (C=O) groups is 1. The first-order valence-electron chi connectivity index (χ1n) is 9.50. The van der Waals surface area contributed by atoms with Gasteiger partial charge in [0.15, 0.2) is 0 Å². The molecule has 0 radical (unpaired) electrons. The second-order valence-electron chi connectivity index (χ2n) is 6.84. The lowest BCUT2D eigenvalue weighted by Crippen LogP contribution is -2.27. The van der Waals surface area contributed by atoms with E-state index in [9.17, 15) is 4.79 Å². The SMILES string of the molecule is C[C@H](NC(=O)CCc1cc2n(n1)CCCNC2)c1nc(-c2ccccn2)no1. The number of aryl methyl sites for hydroxylation is 2. The van der Waals surface area contributed by atoms with E-state index in [-0.39, 0.29) is 11.9 Å². The number of rotatable bonds is 6. The molecule has 4 rings (SSSR count). The van der Waals surface area contributed by atoms with Gasteiger partial charge in [-0.3, -0.25) is 14.5 Å². The lowest BCUT2D eigenvalue weighted by atomic mass is 10.2. The normalized spacial score (nSPS) is 14.9. The van der Waals surface area contributed by atoms with Gasteiger partial charge in [0.1, 0.15) is 11.7 Å². The van der Waals surface area contributed by atoms with Gasteiger partial charge in [-0.05, 0) is 38.1 Å². The van der Waals surface area contributed by atoms with Crippen LogP contribution in [0.15, 0.2) is 35.0 Å². The van der Waals surface area contributed by atoms with E-state index in [4.69, 9.17) is 4.52 Å². The summed E-state index contributed by atoms with van der Waals surface area (Å²) in [6.45, 7) is 4.57. The van der Waals surface area contributed by atoms with E-state index in [0.717, 1.165) is 31.7 Å². The molecule has 1 aliphatic heterocycles. The number of nitrogens with zero attached hydrogens (tertiary/aromatic N) is 5. The van der Waals surface area contributed by atoms with E-state index in [2.05, 4.69) is 36.9 Å². The van der Waals surface area contributed by atoms with Crippen LogP contribution in [0.1, 0.15) is 43.1 Å². The average molecular weight is 381 g/mol. The number of fused-ring (bicyclic) bond motifs is 1. The van der Waals surface area contributed by atoms with Crippen molar-refractivity contribution in [2.75, 3.05) is 6.54 Å². The molecule has 0 unspecified atom stereocenters. The summed E-state index contributed by atoms with van der Waals surface area (Å²) in [5, 5.41) is 14.8. The molecule has 0 aliphatic carbocycles. The lowest BCUT2D eigenvalue weighted by Gasteiger charge is -2.09. The van der Waals surface area contributed by atoms with Crippen LogP contribution >= 0.6 is 0 Å². The Balaban J connectivity index is 1.31. The summed E-state index contributed by atoms with van der Waals surface area (Å²) >= 11 is 0. The van der Waals surface area contributed by atoms with Crippen molar-refractivity contribution in [2.45, 2.75) is 45.3 Å². The van der Waals surface area contributed by atoms with Crippen LogP contribution in [0.4, 0.5) is 0 Å². The maximum Gasteiger partial charge on any atom is 0.249 e. The van der Waals surface area contributed by atoms with Crippen LogP contribution in [0.5, 0.6) is 0 Å². The monoisotopic (exact) mass is 381 g/mol. The first-order valence-corrected chi connectivity index (χ1v) is 9.50. The molecule has 3 aromatic rings. The van der Waals surface area contributed by atoms with E-state index in [1.807, 2.05) is 23.7 Å². The van der Waals surface area contributed by atoms with Crippen molar-refractivity contribution in [1.29, 1.82) is 0 Å².